The Hall–Kier alpha value is -1.36. The number of methoxy groups -OCH3 is 2. The maximum Gasteiger partial charge on any atom is 0.216 e. The maximum absolute atomic E-state index is 12.7. The number of hydrogen-bond donors (Lipinski definition) is 0. The minimum Gasteiger partial charge on any atom is -0.493 e. The van der Waals surface area contributed by atoms with Crippen LogP contribution in [-0.2, 0) is 11.8 Å². The number of hydrogen-bond acceptors (Lipinski definition) is 4. The molecule has 1 aromatic heterocycles. The van der Waals surface area contributed by atoms with Crippen molar-refractivity contribution >= 4 is 5.78 Å². The fraction of sp³-hybridized carbons (Fsp3) is 0.692. The minimum atomic E-state index is -0.695. The van der Waals surface area contributed by atoms with E-state index in [-0.39, 0.29) is 5.78 Å². The van der Waals surface area contributed by atoms with Crippen molar-refractivity contribution in [3.05, 3.63) is 11.9 Å². The lowest BCUT2D eigenvalue weighted by molar-refractivity contribution is -0.0202. The fourth-order valence-corrected chi connectivity index (χ4v) is 2.69. The number of aromatic nitrogens is 2. The molecule has 1 fully saturated rings. The quantitative estimate of drug-likeness (QED) is 0.769. The third kappa shape index (κ3) is 2.03. The van der Waals surface area contributed by atoms with Gasteiger partial charge < -0.3 is 9.47 Å². The molecule has 1 aliphatic carbocycles. The third-order valence-corrected chi connectivity index (χ3v) is 3.81. The SMILES string of the molecule is COc1cnn(C)c1C(=O)C1(OC)CCCCC1. The number of aryl methyl sites for hydroxylation is 1. The number of ether oxygens (including phenoxy) is 2. The molecule has 0 amide bonds. The van der Waals surface area contributed by atoms with E-state index in [1.54, 1.807) is 32.1 Å². The summed E-state index contributed by atoms with van der Waals surface area (Å²) in [5.41, 5.74) is -0.194. The highest BCUT2D eigenvalue weighted by atomic mass is 16.5. The summed E-state index contributed by atoms with van der Waals surface area (Å²) in [5.74, 6) is 0.506. The van der Waals surface area contributed by atoms with Crippen LogP contribution in [0.15, 0.2) is 6.20 Å². The van der Waals surface area contributed by atoms with Gasteiger partial charge in [0.2, 0.25) is 5.78 Å². The Morgan fingerprint density at radius 2 is 2.00 bits per heavy atom. The second-order valence-electron chi connectivity index (χ2n) is 4.77. The van der Waals surface area contributed by atoms with E-state index in [2.05, 4.69) is 5.10 Å². The molecule has 0 atom stereocenters. The first-order chi connectivity index (χ1) is 8.64. The number of Topliss-reactive ketones (excluding diaryl/α,β-unsaturated/α-hetero) is 1. The topological polar surface area (TPSA) is 53.4 Å². The summed E-state index contributed by atoms with van der Waals surface area (Å²) >= 11 is 0. The molecule has 0 unspecified atom stereocenters. The molecule has 1 heterocycles. The lowest BCUT2D eigenvalue weighted by Gasteiger charge is -2.34. The van der Waals surface area contributed by atoms with Gasteiger partial charge in [-0.2, -0.15) is 5.10 Å². The Morgan fingerprint density at radius 3 is 2.56 bits per heavy atom. The Bertz CT molecular complexity index is 433. The normalized spacial score (nSPS) is 18.6. The van der Waals surface area contributed by atoms with Crippen molar-refractivity contribution in [1.29, 1.82) is 0 Å². The van der Waals surface area contributed by atoms with E-state index in [9.17, 15) is 4.79 Å². The summed E-state index contributed by atoms with van der Waals surface area (Å²) in [5, 5.41) is 4.08. The molecule has 0 radical (unpaired) electrons. The van der Waals surface area contributed by atoms with Crippen LogP contribution in [0.2, 0.25) is 0 Å². The zero-order chi connectivity index (χ0) is 13.2. The molecule has 1 aliphatic rings. The molecule has 5 nitrogen and oxygen atoms in total. The van der Waals surface area contributed by atoms with E-state index in [1.165, 1.54) is 6.42 Å². The van der Waals surface area contributed by atoms with Gasteiger partial charge in [0, 0.05) is 14.2 Å². The largest absolute Gasteiger partial charge is 0.493 e. The van der Waals surface area contributed by atoms with Gasteiger partial charge in [0.25, 0.3) is 0 Å². The standard InChI is InChI=1S/C13H20N2O3/c1-15-11(10(17-2)9-14-15)12(16)13(18-3)7-5-4-6-8-13/h9H,4-8H2,1-3H3. The van der Waals surface area contributed by atoms with Crippen LogP contribution in [0.4, 0.5) is 0 Å². The van der Waals surface area contributed by atoms with Crippen LogP contribution >= 0.6 is 0 Å². The first-order valence-corrected chi connectivity index (χ1v) is 6.30. The molecule has 0 aromatic carbocycles. The van der Waals surface area contributed by atoms with Crippen molar-refractivity contribution in [1.82, 2.24) is 9.78 Å². The molecule has 0 saturated heterocycles. The van der Waals surface area contributed by atoms with E-state index in [0.717, 1.165) is 25.7 Å². The number of nitrogens with zero attached hydrogens (tertiary/aromatic N) is 2. The van der Waals surface area contributed by atoms with Crippen molar-refractivity contribution in [2.45, 2.75) is 37.7 Å². The lowest BCUT2D eigenvalue weighted by atomic mass is 9.80. The van der Waals surface area contributed by atoms with E-state index in [0.29, 0.717) is 11.4 Å². The van der Waals surface area contributed by atoms with E-state index < -0.39 is 5.60 Å². The molecule has 1 aromatic rings. The molecule has 100 valence electrons. The van der Waals surface area contributed by atoms with Gasteiger partial charge >= 0.3 is 0 Å². The molecule has 1 saturated carbocycles. The van der Waals surface area contributed by atoms with E-state index in [4.69, 9.17) is 9.47 Å². The van der Waals surface area contributed by atoms with Crippen LogP contribution in [-0.4, -0.2) is 35.4 Å². The average Bonchev–Trinajstić information content (AvgIpc) is 2.79. The second-order valence-corrected chi connectivity index (χ2v) is 4.77. The number of rotatable bonds is 4. The summed E-state index contributed by atoms with van der Waals surface area (Å²) in [7, 11) is 4.92. The molecule has 0 bridgehead atoms. The second kappa shape index (κ2) is 5.10. The predicted octanol–water partition coefficient (Wildman–Crippen LogP) is 1.96. The van der Waals surface area contributed by atoms with E-state index in [1.807, 2.05) is 0 Å². The summed E-state index contributed by atoms with van der Waals surface area (Å²) in [6.45, 7) is 0. The molecule has 0 N–H and O–H groups in total. The van der Waals surface area contributed by atoms with Crippen molar-refractivity contribution in [3.8, 4) is 5.75 Å². The van der Waals surface area contributed by atoms with Crippen LogP contribution in [0.3, 0.4) is 0 Å². The summed E-state index contributed by atoms with van der Waals surface area (Å²) in [6.07, 6.45) is 6.34. The Morgan fingerprint density at radius 1 is 1.33 bits per heavy atom. The number of carbonyl (C=O) groups is 1. The zero-order valence-electron chi connectivity index (χ0n) is 11.2. The highest BCUT2D eigenvalue weighted by Crippen LogP contribution is 2.35. The maximum atomic E-state index is 12.7. The van der Waals surface area contributed by atoms with Crippen LogP contribution in [0.5, 0.6) is 5.75 Å². The number of carbonyl (C=O) groups excluding carboxylic acids is 1. The van der Waals surface area contributed by atoms with Gasteiger partial charge in [0.1, 0.15) is 11.3 Å². The van der Waals surface area contributed by atoms with Crippen LogP contribution < -0.4 is 4.74 Å². The molecule has 5 heteroatoms. The molecule has 0 spiro atoms. The Labute approximate surface area is 107 Å². The van der Waals surface area contributed by atoms with Crippen molar-refractivity contribution in [2.75, 3.05) is 14.2 Å². The third-order valence-electron chi connectivity index (χ3n) is 3.81. The molecule has 0 aliphatic heterocycles. The summed E-state index contributed by atoms with van der Waals surface area (Å²) < 4.78 is 12.3. The van der Waals surface area contributed by atoms with Gasteiger partial charge in [-0.1, -0.05) is 19.3 Å². The zero-order valence-corrected chi connectivity index (χ0v) is 11.2. The number of ketones is 1. The fourth-order valence-electron chi connectivity index (χ4n) is 2.69. The molecule has 2 rings (SSSR count). The predicted molar refractivity (Wildman–Crippen MR) is 66.9 cm³/mol. The molecule has 18 heavy (non-hydrogen) atoms. The van der Waals surface area contributed by atoms with Crippen molar-refractivity contribution in [3.63, 3.8) is 0 Å². The van der Waals surface area contributed by atoms with E-state index >= 15 is 0 Å². The Balaban J connectivity index is 2.36. The Kier molecular flexibility index (Phi) is 3.71. The molecular weight excluding hydrogens is 232 g/mol. The van der Waals surface area contributed by atoms with Gasteiger partial charge in [-0.25, -0.2) is 0 Å². The van der Waals surface area contributed by atoms with Gasteiger partial charge in [-0.15, -0.1) is 0 Å². The van der Waals surface area contributed by atoms with Gasteiger partial charge in [-0.05, 0) is 12.8 Å². The lowest BCUT2D eigenvalue weighted by Crippen LogP contribution is -2.43. The highest BCUT2D eigenvalue weighted by molar-refractivity contribution is 6.03. The minimum absolute atomic E-state index is 0.0125. The monoisotopic (exact) mass is 252 g/mol. The first kappa shape index (κ1) is 13.1. The average molecular weight is 252 g/mol. The summed E-state index contributed by atoms with van der Waals surface area (Å²) in [6, 6.07) is 0. The molecular formula is C13H20N2O3. The highest BCUT2D eigenvalue weighted by Gasteiger charge is 2.42. The smallest absolute Gasteiger partial charge is 0.216 e. The van der Waals surface area contributed by atoms with Crippen molar-refractivity contribution in [2.24, 2.45) is 7.05 Å². The summed E-state index contributed by atoms with van der Waals surface area (Å²) in [4.78, 5) is 12.7. The first-order valence-electron chi connectivity index (χ1n) is 6.30. The van der Waals surface area contributed by atoms with Crippen LogP contribution in [0.25, 0.3) is 0 Å². The van der Waals surface area contributed by atoms with Crippen LogP contribution in [0, 0.1) is 0 Å². The van der Waals surface area contributed by atoms with Crippen LogP contribution in [0.1, 0.15) is 42.6 Å². The van der Waals surface area contributed by atoms with Gasteiger partial charge in [0.15, 0.2) is 5.75 Å². The van der Waals surface area contributed by atoms with Crippen molar-refractivity contribution < 1.29 is 14.3 Å². The van der Waals surface area contributed by atoms with Gasteiger partial charge in [0.05, 0.1) is 13.3 Å². The van der Waals surface area contributed by atoms with Gasteiger partial charge in [-0.3, -0.25) is 9.48 Å².